The molecule has 1 fully saturated rings. The van der Waals surface area contributed by atoms with E-state index in [1.54, 1.807) is 25.3 Å². The monoisotopic (exact) mass is 381 g/mol. The summed E-state index contributed by atoms with van der Waals surface area (Å²) >= 11 is 0. The van der Waals surface area contributed by atoms with Gasteiger partial charge >= 0.3 is 0 Å². The second-order valence-corrected chi connectivity index (χ2v) is 7.12. The van der Waals surface area contributed by atoms with Crippen LogP contribution < -0.4 is 4.74 Å². The molecule has 0 atom stereocenters. The molecule has 2 aromatic carbocycles. The van der Waals surface area contributed by atoms with E-state index < -0.39 is 0 Å². The number of hydrogen-bond donors (Lipinski definition) is 1. The van der Waals surface area contributed by atoms with E-state index in [9.17, 15) is 9.90 Å². The third kappa shape index (κ3) is 4.80. The van der Waals surface area contributed by atoms with Crippen LogP contribution in [0, 0.1) is 13.8 Å². The average molecular weight is 381 g/mol. The van der Waals surface area contributed by atoms with Gasteiger partial charge in [0.25, 0.3) is 0 Å². The van der Waals surface area contributed by atoms with Crippen molar-refractivity contribution in [1.82, 2.24) is 4.90 Å². The van der Waals surface area contributed by atoms with E-state index in [0.717, 1.165) is 60.9 Å². The largest absolute Gasteiger partial charge is 0.507 e. The van der Waals surface area contributed by atoms with Gasteiger partial charge in [-0.25, -0.2) is 0 Å². The maximum atomic E-state index is 12.7. The van der Waals surface area contributed by atoms with Gasteiger partial charge in [0.2, 0.25) is 0 Å². The fraction of sp³-hybridized carbons (Fsp3) is 0.348. The molecule has 1 aliphatic rings. The van der Waals surface area contributed by atoms with Gasteiger partial charge in [0.1, 0.15) is 11.5 Å². The van der Waals surface area contributed by atoms with Gasteiger partial charge in [0.05, 0.1) is 20.3 Å². The molecular weight excluding hydrogens is 354 g/mol. The number of methoxy groups -OCH3 is 1. The number of carbonyl (C=O) groups is 1. The Morgan fingerprint density at radius 1 is 1.18 bits per heavy atom. The summed E-state index contributed by atoms with van der Waals surface area (Å²) < 4.78 is 10.9. The lowest BCUT2D eigenvalue weighted by atomic mass is 10.0. The Hall–Kier alpha value is -2.63. The van der Waals surface area contributed by atoms with Crippen molar-refractivity contribution in [2.45, 2.75) is 20.4 Å². The number of phenolic OH excluding ortho intramolecular Hbond substituents is 1. The quantitative estimate of drug-likeness (QED) is 0.610. The first-order valence-corrected chi connectivity index (χ1v) is 9.47. The Balaban J connectivity index is 1.78. The normalized spacial score (nSPS) is 15.1. The lowest BCUT2D eigenvalue weighted by Crippen LogP contribution is -2.35. The predicted molar refractivity (Wildman–Crippen MR) is 110 cm³/mol. The molecule has 3 rings (SSSR count). The van der Waals surface area contributed by atoms with Crippen LogP contribution in [-0.2, 0) is 11.3 Å². The minimum absolute atomic E-state index is 0.0609. The van der Waals surface area contributed by atoms with Crippen molar-refractivity contribution in [3.05, 3.63) is 64.2 Å². The summed E-state index contributed by atoms with van der Waals surface area (Å²) in [4.78, 5) is 15.0. The number of ether oxygens (including phenoxy) is 2. The van der Waals surface area contributed by atoms with Gasteiger partial charge in [-0.05, 0) is 66.9 Å². The molecule has 0 amide bonds. The van der Waals surface area contributed by atoms with Crippen molar-refractivity contribution in [3.8, 4) is 11.5 Å². The van der Waals surface area contributed by atoms with Crippen LogP contribution in [0.3, 0.4) is 0 Å². The smallest absolute Gasteiger partial charge is 0.185 e. The molecule has 1 heterocycles. The lowest BCUT2D eigenvalue weighted by molar-refractivity contribution is 0.0338. The summed E-state index contributed by atoms with van der Waals surface area (Å²) in [6, 6.07) is 9.29. The Morgan fingerprint density at radius 3 is 2.50 bits per heavy atom. The van der Waals surface area contributed by atoms with E-state index in [-0.39, 0.29) is 5.78 Å². The molecule has 0 radical (unpaired) electrons. The van der Waals surface area contributed by atoms with E-state index in [0.29, 0.717) is 11.3 Å². The topological polar surface area (TPSA) is 59.0 Å². The Bertz CT molecular complexity index is 859. The number of hydrogen-bond acceptors (Lipinski definition) is 5. The highest BCUT2D eigenvalue weighted by Crippen LogP contribution is 2.25. The standard InChI is InChI=1S/C23H27NO4/c1-16-12-18(13-17(2)23(16)26)4-6-21(25)19-5-7-22(27-3)20(14-19)15-24-8-10-28-11-9-24/h4-7,12-14,26H,8-11,15H2,1-3H3/b6-4+. The number of carbonyl (C=O) groups excluding carboxylic acids is 1. The maximum Gasteiger partial charge on any atom is 0.185 e. The fourth-order valence-electron chi connectivity index (χ4n) is 3.41. The molecule has 2 aromatic rings. The number of aryl methyl sites for hydroxylation is 2. The van der Waals surface area contributed by atoms with Crippen LogP contribution in [-0.4, -0.2) is 49.2 Å². The molecule has 1 aliphatic heterocycles. The Kier molecular flexibility index (Phi) is 6.49. The molecule has 0 aliphatic carbocycles. The van der Waals surface area contributed by atoms with Crippen molar-refractivity contribution in [1.29, 1.82) is 0 Å². The van der Waals surface area contributed by atoms with Crippen LogP contribution in [0.4, 0.5) is 0 Å². The van der Waals surface area contributed by atoms with Crippen LogP contribution in [0.15, 0.2) is 36.4 Å². The van der Waals surface area contributed by atoms with Crippen LogP contribution >= 0.6 is 0 Å². The number of aromatic hydroxyl groups is 1. The van der Waals surface area contributed by atoms with Crippen LogP contribution in [0.1, 0.15) is 32.6 Å². The second-order valence-electron chi connectivity index (χ2n) is 7.12. The van der Waals surface area contributed by atoms with E-state index in [1.807, 2.05) is 38.1 Å². The van der Waals surface area contributed by atoms with Crippen molar-refractivity contribution in [2.24, 2.45) is 0 Å². The zero-order valence-electron chi connectivity index (χ0n) is 16.7. The van der Waals surface area contributed by atoms with Crippen molar-refractivity contribution < 1.29 is 19.4 Å². The molecule has 1 saturated heterocycles. The molecule has 0 bridgehead atoms. The zero-order chi connectivity index (χ0) is 20.1. The number of nitrogens with zero attached hydrogens (tertiary/aromatic N) is 1. The Labute approximate surface area is 166 Å². The van der Waals surface area contributed by atoms with E-state index in [4.69, 9.17) is 9.47 Å². The van der Waals surface area contributed by atoms with Gasteiger partial charge in [-0.15, -0.1) is 0 Å². The van der Waals surface area contributed by atoms with E-state index >= 15 is 0 Å². The maximum absolute atomic E-state index is 12.7. The minimum atomic E-state index is -0.0609. The number of morpholine rings is 1. The van der Waals surface area contributed by atoms with Gasteiger partial charge in [-0.1, -0.05) is 6.08 Å². The van der Waals surface area contributed by atoms with Crippen molar-refractivity contribution in [2.75, 3.05) is 33.4 Å². The number of rotatable bonds is 6. The summed E-state index contributed by atoms with van der Waals surface area (Å²) in [7, 11) is 1.65. The first-order valence-electron chi connectivity index (χ1n) is 9.47. The van der Waals surface area contributed by atoms with Crippen molar-refractivity contribution >= 4 is 11.9 Å². The SMILES string of the molecule is COc1ccc(C(=O)/C=C/c2cc(C)c(O)c(C)c2)cc1CN1CCOCC1. The van der Waals surface area contributed by atoms with E-state index in [2.05, 4.69) is 4.90 Å². The van der Waals surface area contributed by atoms with Gasteiger partial charge in [0, 0.05) is 30.8 Å². The average Bonchev–Trinajstić information content (AvgIpc) is 2.70. The zero-order valence-corrected chi connectivity index (χ0v) is 16.7. The fourth-order valence-corrected chi connectivity index (χ4v) is 3.41. The highest BCUT2D eigenvalue weighted by Gasteiger charge is 2.15. The first-order chi connectivity index (χ1) is 13.5. The highest BCUT2D eigenvalue weighted by molar-refractivity contribution is 6.07. The highest BCUT2D eigenvalue weighted by atomic mass is 16.5. The van der Waals surface area contributed by atoms with Crippen LogP contribution in [0.2, 0.25) is 0 Å². The second kappa shape index (κ2) is 9.04. The van der Waals surface area contributed by atoms with Crippen molar-refractivity contribution in [3.63, 3.8) is 0 Å². The third-order valence-electron chi connectivity index (χ3n) is 5.00. The molecule has 0 saturated carbocycles. The summed E-state index contributed by atoms with van der Waals surface area (Å²) in [5.41, 5.74) is 4.12. The van der Waals surface area contributed by atoms with Gasteiger partial charge in [0.15, 0.2) is 5.78 Å². The Morgan fingerprint density at radius 2 is 1.86 bits per heavy atom. The predicted octanol–water partition coefficient (Wildman–Crippen LogP) is 3.75. The van der Waals surface area contributed by atoms with Gasteiger partial charge < -0.3 is 14.6 Å². The molecule has 0 aromatic heterocycles. The molecule has 0 unspecified atom stereocenters. The first kappa shape index (κ1) is 20.1. The molecule has 1 N–H and O–H groups in total. The number of benzene rings is 2. The number of allylic oxidation sites excluding steroid dienone is 1. The van der Waals surface area contributed by atoms with Gasteiger partial charge in [-0.2, -0.15) is 0 Å². The summed E-state index contributed by atoms with van der Waals surface area (Å²) in [5.74, 6) is 1.03. The lowest BCUT2D eigenvalue weighted by Gasteiger charge is -2.27. The summed E-state index contributed by atoms with van der Waals surface area (Å²) in [6.07, 6.45) is 3.36. The summed E-state index contributed by atoms with van der Waals surface area (Å²) in [5, 5.41) is 9.89. The number of phenols is 1. The third-order valence-corrected chi connectivity index (χ3v) is 5.00. The minimum Gasteiger partial charge on any atom is -0.507 e. The molecule has 5 heteroatoms. The van der Waals surface area contributed by atoms with Crippen LogP contribution in [0.25, 0.3) is 6.08 Å². The van der Waals surface area contributed by atoms with E-state index in [1.165, 1.54) is 0 Å². The molecular formula is C23H27NO4. The molecule has 28 heavy (non-hydrogen) atoms. The molecule has 148 valence electrons. The summed E-state index contributed by atoms with van der Waals surface area (Å²) in [6.45, 7) is 7.64. The van der Waals surface area contributed by atoms with Crippen LogP contribution in [0.5, 0.6) is 11.5 Å². The van der Waals surface area contributed by atoms with Gasteiger partial charge in [-0.3, -0.25) is 9.69 Å². The number of ketones is 1. The molecule has 0 spiro atoms. The molecule has 5 nitrogen and oxygen atoms in total.